The molecule has 0 aliphatic carbocycles. The zero-order valence-corrected chi connectivity index (χ0v) is 14.8. The summed E-state index contributed by atoms with van der Waals surface area (Å²) in [5.41, 5.74) is 1.85. The molecule has 0 aliphatic heterocycles. The first-order chi connectivity index (χ1) is 11.0. The number of benzene rings is 1. The lowest BCUT2D eigenvalue weighted by atomic mass is 10.0. The first kappa shape index (κ1) is 19.3. The van der Waals surface area contributed by atoms with Gasteiger partial charge in [0.2, 0.25) is 0 Å². The van der Waals surface area contributed by atoms with Crippen LogP contribution in [0.15, 0.2) is 24.3 Å². The number of amides is 2. The molecule has 5 heteroatoms. The molecule has 2 amide bonds. The lowest BCUT2D eigenvalue weighted by Crippen LogP contribution is -2.33. The van der Waals surface area contributed by atoms with Crippen molar-refractivity contribution >= 4 is 17.4 Å². The minimum absolute atomic E-state index is 0.164. The zero-order chi connectivity index (χ0) is 17.2. The Labute approximate surface area is 140 Å². The van der Waals surface area contributed by atoms with E-state index in [1.54, 1.807) is 0 Å². The molecule has 0 saturated heterocycles. The summed E-state index contributed by atoms with van der Waals surface area (Å²) in [6.07, 6.45) is 2.79. The molecule has 0 aromatic heterocycles. The van der Waals surface area contributed by atoms with E-state index in [1.807, 2.05) is 31.3 Å². The Morgan fingerprint density at radius 3 is 2.65 bits per heavy atom. The van der Waals surface area contributed by atoms with Crippen LogP contribution < -0.4 is 15.5 Å². The van der Waals surface area contributed by atoms with E-state index in [9.17, 15) is 4.79 Å². The molecule has 0 fully saturated rings. The predicted molar refractivity (Wildman–Crippen MR) is 97.1 cm³/mol. The number of aliphatic hydroxyl groups is 1. The van der Waals surface area contributed by atoms with Gasteiger partial charge in [0.05, 0.1) is 0 Å². The number of rotatable bonds is 9. The second-order valence-corrected chi connectivity index (χ2v) is 6.26. The van der Waals surface area contributed by atoms with Gasteiger partial charge in [-0.2, -0.15) is 0 Å². The number of carbonyl (C=O) groups is 1. The maximum absolute atomic E-state index is 12.0. The predicted octanol–water partition coefficient (Wildman–Crippen LogP) is 3.45. The van der Waals surface area contributed by atoms with Gasteiger partial charge in [0.1, 0.15) is 0 Å². The maximum atomic E-state index is 12.0. The highest BCUT2D eigenvalue weighted by molar-refractivity contribution is 5.89. The van der Waals surface area contributed by atoms with Crippen molar-refractivity contribution in [2.45, 2.75) is 46.1 Å². The Morgan fingerprint density at radius 1 is 1.30 bits per heavy atom. The van der Waals surface area contributed by atoms with Gasteiger partial charge >= 0.3 is 6.03 Å². The fourth-order valence-corrected chi connectivity index (χ4v) is 2.45. The quantitative estimate of drug-likeness (QED) is 0.653. The van der Waals surface area contributed by atoms with Crippen molar-refractivity contribution in [1.29, 1.82) is 0 Å². The van der Waals surface area contributed by atoms with Crippen LogP contribution in [0.25, 0.3) is 0 Å². The first-order valence-electron chi connectivity index (χ1n) is 8.46. The number of hydrogen-bond acceptors (Lipinski definition) is 3. The van der Waals surface area contributed by atoms with Gasteiger partial charge in [0, 0.05) is 37.6 Å². The van der Waals surface area contributed by atoms with E-state index in [2.05, 4.69) is 36.3 Å². The molecule has 3 N–H and O–H groups in total. The molecule has 0 radical (unpaired) electrons. The van der Waals surface area contributed by atoms with Gasteiger partial charge in [-0.1, -0.05) is 19.4 Å². The minimum atomic E-state index is -0.201. The third-order valence-corrected chi connectivity index (χ3v) is 4.07. The molecule has 0 spiro atoms. The van der Waals surface area contributed by atoms with E-state index in [4.69, 9.17) is 5.11 Å². The number of urea groups is 1. The molecule has 0 aliphatic rings. The van der Waals surface area contributed by atoms with Crippen LogP contribution in [-0.4, -0.2) is 37.4 Å². The van der Waals surface area contributed by atoms with Gasteiger partial charge < -0.3 is 20.6 Å². The average Bonchev–Trinajstić information content (AvgIpc) is 2.52. The second kappa shape index (κ2) is 10.1. The van der Waals surface area contributed by atoms with Crippen LogP contribution in [0, 0.1) is 5.92 Å². The van der Waals surface area contributed by atoms with Crippen LogP contribution in [0.2, 0.25) is 0 Å². The fourth-order valence-electron chi connectivity index (χ4n) is 2.45. The Morgan fingerprint density at radius 2 is 2.04 bits per heavy atom. The van der Waals surface area contributed by atoms with Gasteiger partial charge in [-0.05, 0) is 50.8 Å². The van der Waals surface area contributed by atoms with Gasteiger partial charge in [0.15, 0.2) is 0 Å². The molecule has 5 nitrogen and oxygen atoms in total. The third kappa shape index (κ3) is 6.91. The SMILES string of the molecule is CCCC(CCO)CNC(=O)Nc1cccc(N(C)C(C)C)c1. The van der Waals surface area contributed by atoms with Crippen LogP contribution in [0.5, 0.6) is 0 Å². The van der Waals surface area contributed by atoms with Gasteiger partial charge in [-0.3, -0.25) is 0 Å². The fraction of sp³-hybridized carbons (Fsp3) is 0.611. The normalized spacial score (nSPS) is 12.1. The van der Waals surface area contributed by atoms with Crippen molar-refractivity contribution in [1.82, 2.24) is 5.32 Å². The topological polar surface area (TPSA) is 64.6 Å². The largest absolute Gasteiger partial charge is 0.396 e. The summed E-state index contributed by atoms with van der Waals surface area (Å²) >= 11 is 0. The van der Waals surface area contributed by atoms with Crippen LogP contribution in [0.1, 0.15) is 40.0 Å². The standard InChI is InChI=1S/C18H31N3O2/c1-5-7-15(10-11-22)13-19-18(23)20-16-8-6-9-17(12-16)21(4)14(2)3/h6,8-9,12,14-15,22H,5,7,10-11,13H2,1-4H3,(H2,19,20,23). The Balaban J connectivity index is 2.55. The summed E-state index contributed by atoms with van der Waals surface area (Å²) in [5, 5.41) is 14.8. The van der Waals surface area contributed by atoms with Crippen LogP contribution in [0.3, 0.4) is 0 Å². The summed E-state index contributed by atoms with van der Waals surface area (Å²) in [5.74, 6) is 0.328. The van der Waals surface area contributed by atoms with Gasteiger partial charge in [-0.15, -0.1) is 0 Å². The molecule has 1 rings (SSSR count). The Hall–Kier alpha value is -1.75. The molecular weight excluding hydrogens is 290 g/mol. The molecular formula is C18H31N3O2. The first-order valence-corrected chi connectivity index (χ1v) is 8.46. The number of nitrogens with one attached hydrogen (secondary N) is 2. The lowest BCUT2D eigenvalue weighted by molar-refractivity contribution is 0.237. The highest BCUT2D eigenvalue weighted by atomic mass is 16.3. The summed E-state index contributed by atoms with van der Waals surface area (Å²) in [4.78, 5) is 14.2. The summed E-state index contributed by atoms with van der Waals surface area (Å²) in [6.45, 7) is 7.12. The van der Waals surface area contributed by atoms with Crippen molar-refractivity contribution in [3.63, 3.8) is 0 Å². The molecule has 0 heterocycles. The average molecular weight is 321 g/mol. The Bertz CT molecular complexity index is 471. The second-order valence-electron chi connectivity index (χ2n) is 6.26. The van der Waals surface area contributed by atoms with E-state index in [-0.39, 0.29) is 12.6 Å². The monoisotopic (exact) mass is 321 g/mol. The number of nitrogens with zero attached hydrogens (tertiary/aromatic N) is 1. The molecule has 1 atom stereocenters. The minimum Gasteiger partial charge on any atom is -0.396 e. The van der Waals surface area contributed by atoms with Crippen molar-refractivity contribution in [3.8, 4) is 0 Å². The molecule has 0 saturated carbocycles. The van der Waals surface area contributed by atoms with E-state index in [1.165, 1.54) is 0 Å². The number of carbonyl (C=O) groups excluding carboxylic acids is 1. The zero-order valence-electron chi connectivity index (χ0n) is 14.8. The summed E-state index contributed by atoms with van der Waals surface area (Å²) in [7, 11) is 2.04. The lowest BCUT2D eigenvalue weighted by Gasteiger charge is -2.24. The highest BCUT2D eigenvalue weighted by Crippen LogP contribution is 2.20. The van der Waals surface area contributed by atoms with E-state index < -0.39 is 0 Å². The van der Waals surface area contributed by atoms with Gasteiger partial charge in [-0.25, -0.2) is 4.79 Å². The highest BCUT2D eigenvalue weighted by Gasteiger charge is 2.10. The number of aliphatic hydroxyl groups excluding tert-OH is 1. The van der Waals surface area contributed by atoms with E-state index >= 15 is 0 Å². The van der Waals surface area contributed by atoms with Crippen LogP contribution in [-0.2, 0) is 0 Å². The summed E-state index contributed by atoms with van der Waals surface area (Å²) in [6, 6.07) is 8.02. The Kier molecular flexibility index (Phi) is 8.48. The molecule has 130 valence electrons. The molecule has 1 aromatic rings. The smallest absolute Gasteiger partial charge is 0.319 e. The molecule has 0 bridgehead atoms. The maximum Gasteiger partial charge on any atom is 0.319 e. The third-order valence-electron chi connectivity index (χ3n) is 4.07. The summed E-state index contributed by atoms with van der Waals surface area (Å²) < 4.78 is 0. The van der Waals surface area contributed by atoms with Crippen molar-refractivity contribution in [2.75, 3.05) is 30.4 Å². The van der Waals surface area contributed by atoms with E-state index in [0.717, 1.165) is 30.6 Å². The molecule has 1 aromatic carbocycles. The van der Waals surface area contributed by atoms with Crippen molar-refractivity contribution in [3.05, 3.63) is 24.3 Å². The van der Waals surface area contributed by atoms with Gasteiger partial charge in [0.25, 0.3) is 0 Å². The molecule has 23 heavy (non-hydrogen) atoms. The molecule has 1 unspecified atom stereocenters. The number of anilines is 2. The van der Waals surface area contributed by atoms with Crippen molar-refractivity contribution < 1.29 is 9.90 Å². The van der Waals surface area contributed by atoms with E-state index in [0.29, 0.717) is 18.5 Å². The number of hydrogen-bond donors (Lipinski definition) is 3. The van der Waals surface area contributed by atoms with Crippen LogP contribution in [0.4, 0.5) is 16.2 Å². The van der Waals surface area contributed by atoms with Crippen molar-refractivity contribution in [2.24, 2.45) is 5.92 Å². The van der Waals surface area contributed by atoms with Crippen LogP contribution >= 0.6 is 0 Å².